The van der Waals surface area contributed by atoms with Crippen LogP contribution in [-0.2, 0) is 11.2 Å². The Morgan fingerprint density at radius 1 is 1.19 bits per heavy atom. The molecular formula is C17H24N2OS. The average molecular weight is 304 g/mol. The molecule has 1 aromatic rings. The maximum atomic E-state index is 5.49. The third-order valence-electron chi connectivity index (χ3n) is 5.21. The molecule has 21 heavy (non-hydrogen) atoms. The number of fused-ring (bicyclic) bond motifs is 1. The van der Waals surface area contributed by atoms with Crippen LogP contribution in [0.25, 0.3) is 0 Å². The molecule has 4 rings (SSSR count). The summed E-state index contributed by atoms with van der Waals surface area (Å²) in [6.07, 6.45) is 10.4. The van der Waals surface area contributed by atoms with Crippen molar-refractivity contribution in [2.24, 2.45) is 0 Å². The number of rotatable bonds is 3. The Morgan fingerprint density at radius 3 is 3.00 bits per heavy atom. The summed E-state index contributed by atoms with van der Waals surface area (Å²) in [6.45, 7) is 4.48. The molecule has 2 fully saturated rings. The van der Waals surface area contributed by atoms with Crippen LogP contribution in [0.5, 0.6) is 0 Å². The minimum Gasteiger partial charge on any atom is -0.381 e. The van der Waals surface area contributed by atoms with Gasteiger partial charge in [0, 0.05) is 48.7 Å². The molecule has 3 heterocycles. The molecule has 0 N–H and O–H groups in total. The van der Waals surface area contributed by atoms with Crippen molar-refractivity contribution >= 4 is 11.8 Å². The lowest BCUT2D eigenvalue weighted by molar-refractivity contribution is 0.0425. The van der Waals surface area contributed by atoms with Gasteiger partial charge in [0.05, 0.1) is 0 Å². The summed E-state index contributed by atoms with van der Waals surface area (Å²) in [5.41, 5.74) is 3.04. The lowest BCUT2D eigenvalue weighted by atomic mass is 10.1. The van der Waals surface area contributed by atoms with Crippen LogP contribution in [-0.4, -0.2) is 47.5 Å². The smallest absolute Gasteiger partial charge is 0.0480 e. The molecule has 3 aliphatic rings. The van der Waals surface area contributed by atoms with E-state index in [0.717, 1.165) is 24.5 Å². The lowest BCUT2D eigenvalue weighted by Gasteiger charge is -2.31. The zero-order valence-corrected chi connectivity index (χ0v) is 13.4. The Labute approximate surface area is 131 Å². The number of hydrogen-bond donors (Lipinski definition) is 0. The van der Waals surface area contributed by atoms with Gasteiger partial charge in [-0.1, -0.05) is 0 Å². The predicted octanol–water partition coefficient (Wildman–Crippen LogP) is 3.06. The van der Waals surface area contributed by atoms with E-state index in [0.29, 0.717) is 5.25 Å². The van der Waals surface area contributed by atoms with Gasteiger partial charge in [0.2, 0.25) is 0 Å². The molecule has 2 saturated heterocycles. The molecule has 0 aromatic carbocycles. The topological polar surface area (TPSA) is 25.4 Å². The maximum Gasteiger partial charge on any atom is 0.0480 e. The second-order valence-electron chi connectivity index (χ2n) is 6.49. The van der Waals surface area contributed by atoms with Gasteiger partial charge in [0.1, 0.15) is 0 Å². The first kappa shape index (κ1) is 14.0. The molecule has 0 bridgehead atoms. The van der Waals surface area contributed by atoms with Crippen molar-refractivity contribution in [1.29, 1.82) is 0 Å². The molecule has 4 heteroatoms. The van der Waals surface area contributed by atoms with Crippen molar-refractivity contribution in [2.45, 2.75) is 48.6 Å². The van der Waals surface area contributed by atoms with Gasteiger partial charge in [-0.2, -0.15) is 0 Å². The SMILES string of the molecule is c1cc2c(cn1)C(SC1CCN(C3CCOCC3)C1)CC2. The van der Waals surface area contributed by atoms with Crippen LogP contribution in [0.15, 0.2) is 18.5 Å². The fourth-order valence-electron chi connectivity index (χ4n) is 4.02. The number of ether oxygens (including phenoxy) is 1. The molecule has 2 aliphatic heterocycles. The molecule has 0 radical (unpaired) electrons. The number of likely N-dealkylation sites (tertiary alicyclic amines) is 1. The first-order chi connectivity index (χ1) is 10.4. The van der Waals surface area contributed by atoms with Crippen molar-refractivity contribution in [2.75, 3.05) is 26.3 Å². The third kappa shape index (κ3) is 2.99. The van der Waals surface area contributed by atoms with Gasteiger partial charge in [0.25, 0.3) is 0 Å². The molecule has 2 unspecified atom stereocenters. The van der Waals surface area contributed by atoms with Crippen LogP contribution in [0.4, 0.5) is 0 Å². The van der Waals surface area contributed by atoms with Gasteiger partial charge >= 0.3 is 0 Å². The molecule has 2 atom stereocenters. The van der Waals surface area contributed by atoms with E-state index in [2.05, 4.69) is 33.9 Å². The van der Waals surface area contributed by atoms with Crippen molar-refractivity contribution in [3.63, 3.8) is 0 Å². The highest BCUT2D eigenvalue weighted by Gasteiger charge is 2.33. The normalized spacial score (nSPS) is 30.7. The van der Waals surface area contributed by atoms with Crippen molar-refractivity contribution < 1.29 is 4.74 Å². The Bertz CT molecular complexity index is 489. The lowest BCUT2D eigenvalue weighted by Crippen LogP contribution is -2.38. The van der Waals surface area contributed by atoms with E-state index in [1.165, 1.54) is 56.3 Å². The number of hydrogen-bond acceptors (Lipinski definition) is 4. The summed E-state index contributed by atoms with van der Waals surface area (Å²) < 4.78 is 5.49. The van der Waals surface area contributed by atoms with Crippen molar-refractivity contribution in [3.05, 3.63) is 29.6 Å². The van der Waals surface area contributed by atoms with E-state index < -0.39 is 0 Å². The van der Waals surface area contributed by atoms with Crippen LogP contribution in [0.1, 0.15) is 42.1 Å². The van der Waals surface area contributed by atoms with Crippen LogP contribution >= 0.6 is 11.8 Å². The van der Waals surface area contributed by atoms with Crippen molar-refractivity contribution in [3.8, 4) is 0 Å². The Hall–Kier alpha value is -0.580. The van der Waals surface area contributed by atoms with E-state index >= 15 is 0 Å². The minimum atomic E-state index is 0.688. The third-order valence-corrected chi connectivity index (χ3v) is 6.80. The minimum absolute atomic E-state index is 0.688. The largest absolute Gasteiger partial charge is 0.381 e. The fraction of sp³-hybridized carbons (Fsp3) is 0.706. The summed E-state index contributed by atoms with van der Waals surface area (Å²) in [4.78, 5) is 7.05. The molecule has 1 aromatic heterocycles. The number of thioether (sulfide) groups is 1. The van der Waals surface area contributed by atoms with E-state index in [4.69, 9.17) is 4.74 Å². The number of pyridine rings is 1. The molecule has 1 aliphatic carbocycles. The predicted molar refractivity (Wildman–Crippen MR) is 86.7 cm³/mol. The number of nitrogens with zero attached hydrogens (tertiary/aromatic N) is 2. The molecular weight excluding hydrogens is 280 g/mol. The number of aryl methyl sites for hydroxylation is 1. The summed E-state index contributed by atoms with van der Waals surface area (Å²) in [5.74, 6) is 0. The van der Waals surface area contributed by atoms with Crippen LogP contribution in [0.3, 0.4) is 0 Å². The second-order valence-corrected chi connectivity index (χ2v) is 7.99. The molecule has 3 nitrogen and oxygen atoms in total. The van der Waals surface area contributed by atoms with E-state index in [1.807, 2.05) is 6.20 Å². The average Bonchev–Trinajstić information content (AvgIpc) is 3.17. The number of aromatic nitrogens is 1. The monoisotopic (exact) mass is 304 g/mol. The highest BCUT2D eigenvalue weighted by molar-refractivity contribution is 8.00. The molecule has 0 saturated carbocycles. The quantitative estimate of drug-likeness (QED) is 0.857. The van der Waals surface area contributed by atoms with E-state index in [-0.39, 0.29) is 0 Å². The summed E-state index contributed by atoms with van der Waals surface area (Å²) in [5, 5.41) is 1.50. The van der Waals surface area contributed by atoms with Gasteiger partial charge in [-0.05, 0) is 55.8 Å². The molecule has 0 amide bonds. The van der Waals surface area contributed by atoms with Gasteiger partial charge in [-0.3, -0.25) is 9.88 Å². The fourth-order valence-corrected chi connectivity index (χ4v) is 5.61. The summed E-state index contributed by atoms with van der Waals surface area (Å²) in [6, 6.07) is 2.99. The Morgan fingerprint density at radius 2 is 2.10 bits per heavy atom. The zero-order chi connectivity index (χ0) is 14.1. The first-order valence-corrected chi connectivity index (χ1v) is 9.24. The summed E-state index contributed by atoms with van der Waals surface area (Å²) >= 11 is 2.21. The highest BCUT2D eigenvalue weighted by atomic mass is 32.2. The van der Waals surface area contributed by atoms with Gasteiger partial charge in [0.15, 0.2) is 0 Å². The van der Waals surface area contributed by atoms with Gasteiger partial charge in [-0.25, -0.2) is 0 Å². The molecule has 114 valence electrons. The molecule has 0 spiro atoms. The van der Waals surface area contributed by atoms with Crippen LogP contribution in [0.2, 0.25) is 0 Å². The summed E-state index contributed by atoms with van der Waals surface area (Å²) in [7, 11) is 0. The second kappa shape index (κ2) is 6.27. The van der Waals surface area contributed by atoms with Crippen LogP contribution < -0.4 is 0 Å². The van der Waals surface area contributed by atoms with Gasteiger partial charge < -0.3 is 4.74 Å². The van der Waals surface area contributed by atoms with E-state index in [9.17, 15) is 0 Å². The van der Waals surface area contributed by atoms with Crippen molar-refractivity contribution in [1.82, 2.24) is 9.88 Å². The first-order valence-electron chi connectivity index (χ1n) is 8.30. The highest BCUT2D eigenvalue weighted by Crippen LogP contribution is 2.44. The maximum absolute atomic E-state index is 5.49. The Balaban J connectivity index is 1.35. The van der Waals surface area contributed by atoms with Crippen LogP contribution in [0, 0.1) is 0 Å². The van der Waals surface area contributed by atoms with Gasteiger partial charge in [-0.15, -0.1) is 11.8 Å². The zero-order valence-electron chi connectivity index (χ0n) is 12.5. The Kier molecular flexibility index (Phi) is 4.19. The standard InChI is InChI=1S/C17H24N2OS/c1-2-17(16-11-18-7-3-13(1)16)21-15-4-8-19(12-15)14-5-9-20-10-6-14/h3,7,11,14-15,17H,1-2,4-6,8-10,12H2. The van der Waals surface area contributed by atoms with E-state index in [1.54, 1.807) is 0 Å².